The maximum absolute atomic E-state index is 11.2. The number of carbonyl (C=O) groups is 1. The Hall–Kier alpha value is -0.490. The number of carbonyl (C=O) groups excluding carboxylic acids is 1. The van der Waals surface area contributed by atoms with Crippen molar-refractivity contribution >= 4 is 5.78 Å². The van der Waals surface area contributed by atoms with Crippen molar-refractivity contribution in [2.75, 3.05) is 13.2 Å². The average Bonchev–Trinajstić information content (AvgIpc) is 2.15. The highest BCUT2D eigenvalue weighted by atomic mass is 16.7. The maximum Gasteiger partial charge on any atom is 0.261 e. The third-order valence-electron chi connectivity index (χ3n) is 2.02. The zero-order chi connectivity index (χ0) is 10.1. The summed E-state index contributed by atoms with van der Waals surface area (Å²) in [4.78, 5) is 11.2. The molecule has 2 atom stereocenters. The average molecular weight is 190 g/mol. The van der Waals surface area contributed by atoms with Gasteiger partial charge >= 0.3 is 0 Å². The molecule has 0 bridgehead atoms. The topological polar surface area (TPSA) is 76.0 Å². The van der Waals surface area contributed by atoms with Crippen molar-refractivity contribution in [2.24, 2.45) is 0 Å². The number of ether oxygens (including phenoxy) is 2. The van der Waals surface area contributed by atoms with E-state index in [1.165, 1.54) is 0 Å². The van der Waals surface area contributed by atoms with Crippen LogP contribution in [0.25, 0.3) is 0 Å². The molecule has 5 nitrogen and oxygen atoms in total. The fraction of sp³-hybridized carbons (Fsp3) is 0.875. The van der Waals surface area contributed by atoms with E-state index in [2.05, 4.69) is 0 Å². The van der Waals surface area contributed by atoms with Gasteiger partial charge in [0, 0.05) is 13.2 Å². The second-order valence-corrected chi connectivity index (χ2v) is 2.79. The summed E-state index contributed by atoms with van der Waals surface area (Å²) >= 11 is 0. The summed E-state index contributed by atoms with van der Waals surface area (Å²) in [6, 6.07) is 0. The van der Waals surface area contributed by atoms with Crippen LogP contribution in [0.3, 0.4) is 0 Å². The van der Waals surface area contributed by atoms with Gasteiger partial charge in [0.1, 0.15) is 12.2 Å². The van der Waals surface area contributed by atoms with Crippen molar-refractivity contribution in [1.82, 2.24) is 0 Å². The van der Waals surface area contributed by atoms with Crippen LogP contribution in [0.4, 0.5) is 0 Å². The van der Waals surface area contributed by atoms with Crippen LogP contribution in [-0.2, 0) is 14.3 Å². The number of ketones is 1. The first-order valence-corrected chi connectivity index (χ1v) is 4.28. The molecule has 0 aliphatic heterocycles. The van der Waals surface area contributed by atoms with E-state index in [0.717, 1.165) is 0 Å². The Bertz CT molecular complexity index is 197. The lowest BCUT2D eigenvalue weighted by Crippen LogP contribution is -2.73. The van der Waals surface area contributed by atoms with Crippen molar-refractivity contribution < 1.29 is 24.5 Å². The largest absolute Gasteiger partial charge is 0.384 e. The lowest BCUT2D eigenvalue weighted by molar-refractivity contribution is -0.312. The predicted octanol–water partition coefficient (Wildman–Crippen LogP) is -0.940. The van der Waals surface area contributed by atoms with E-state index < -0.39 is 23.8 Å². The van der Waals surface area contributed by atoms with E-state index in [0.29, 0.717) is 0 Å². The summed E-state index contributed by atoms with van der Waals surface area (Å²) in [7, 11) is 0. The van der Waals surface area contributed by atoms with E-state index in [1.807, 2.05) is 0 Å². The summed E-state index contributed by atoms with van der Waals surface area (Å²) < 4.78 is 10.0. The van der Waals surface area contributed by atoms with Crippen LogP contribution in [-0.4, -0.2) is 47.2 Å². The van der Waals surface area contributed by atoms with Gasteiger partial charge in [-0.3, -0.25) is 4.79 Å². The highest BCUT2D eigenvalue weighted by molar-refractivity contribution is 5.98. The van der Waals surface area contributed by atoms with E-state index in [9.17, 15) is 9.90 Å². The fourth-order valence-electron chi connectivity index (χ4n) is 1.39. The molecule has 0 heterocycles. The molecule has 1 fully saturated rings. The zero-order valence-electron chi connectivity index (χ0n) is 7.69. The molecule has 0 aromatic heterocycles. The van der Waals surface area contributed by atoms with Crippen molar-refractivity contribution in [3.63, 3.8) is 0 Å². The highest BCUT2D eigenvalue weighted by Crippen LogP contribution is 2.33. The SMILES string of the molecule is CCOC1(OCC)C(=O)C(O)C1O. The van der Waals surface area contributed by atoms with E-state index in [-0.39, 0.29) is 13.2 Å². The molecule has 0 saturated heterocycles. The Morgan fingerprint density at radius 3 is 2.08 bits per heavy atom. The highest BCUT2D eigenvalue weighted by Gasteiger charge is 2.64. The predicted molar refractivity (Wildman–Crippen MR) is 43.0 cm³/mol. The monoisotopic (exact) mass is 190 g/mol. The minimum absolute atomic E-state index is 0.246. The van der Waals surface area contributed by atoms with Gasteiger partial charge in [-0.25, -0.2) is 0 Å². The Balaban J connectivity index is 2.73. The Morgan fingerprint density at radius 2 is 1.77 bits per heavy atom. The number of hydrogen-bond acceptors (Lipinski definition) is 5. The molecule has 0 radical (unpaired) electrons. The molecule has 1 aliphatic rings. The van der Waals surface area contributed by atoms with Crippen LogP contribution in [0.15, 0.2) is 0 Å². The van der Waals surface area contributed by atoms with Gasteiger partial charge < -0.3 is 19.7 Å². The Labute approximate surface area is 76.3 Å². The number of aliphatic hydroxyl groups excluding tert-OH is 2. The third-order valence-corrected chi connectivity index (χ3v) is 2.02. The number of hydrogen-bond donors (Lipinski definition) is 2. The van der Waals surface area contributed by atoms with Gasteiger partial charge in [0.25, 0.3) is 5.79 Å². The van der Waals surface area contributed by atoms with E-state index >= 15 is 0 Å². The molecular formula is C8H14O5. The first kappa shape index (κ1) is 10.6. The first-order chi connectivity index (χ1) is 6.10. The van der Waals surface area contributed by atoms with Gasteiger partial charge in [0.15, 0.2) is 0 Å². The van der Waals surface area contributed by atoms with Crippen molar-refractivity contribution in [2.45, 2.75) is 31.8 Å². The molecule has 76 valence electrons. The smallest absolute Gasteiger partial charge is 0.261 e. The van der Waals surface area contributed by atoms with Crippen LogP contribution in [0.1, 0.15) is 13.8 Å². The normalized spacial score (nSPS) is 31.5. The molecular weight excluding hydrogens is 176 g/mol. The molecule has 0 aromatic carbocycles. The van der Waals surface area contributed by atoms with Crippen molar-refractivity contribution in [3.05, 3.63) is 0 Å². The first-order valence-electron chi connectivity index (χ1n) is 4.28. The summed E-state index contributed by atoms with van der Waals surface area (Å²) in [5.41, 5.74) is 0. The lowest BCUT2D eigenvalue weighted by Gasteiger charge is -2.46. The van der Waals surface area contributed by atoms with Gasteiger partial charge in [-0.1, -0.05) is 0 Å². The molecule has 1 aliphatic carbocycles. The minimum atomic E-state index is -1.62. The molecule has 0 amide bonds. The molecule has 5 heteroatoms. The van der Waals surface area contributed by atoms with Crippen LogP contribution in [0.2, 0.25) is 0 Å². The van der Waals surface area contributed by atoms with Gasteiger partial charge in [-0.05, 0) is 13.8 Å². The number of rotatable bonds is 4. The van der Waals surface area contributed by atoms with Crippen LogP contribution in [0, 0.1) is 0 Å². The quantitative estimate of drug-likeness (QED) is 0.559. The molecule has 1 rings (SSSR count). The summed E-state index contributed by atoms with van der Waals surface area (Å²) in [5.74, 6) is -2.23. The van der Waals surface area contributed by atoms with Gasteiger partial charge in [-0.2, -0.15) is 0 Å². The fourth-order valence-corrected chi connectivity index (χ4v) is 1.39. The molecule has 0 aromatic rings. The maximum atomic E-state index is 11.2. The Kier molecular flexibility index (Phi) is 3.02. The molecule has 13 heavy (non-hydrogen) atoms. The van der Waals surface area contributed by atoms with Crippen LogP contribution in [0.5, 0.6) is 0 Å². The third kappa shape index (κ3) is 1.38. The second-order valence-electron chi connectivity index (χ2n) is 2.79. The number of Topliss-reactive ketones (excluding diaryl/α,β-unsaturated/α-hetero) is 1. The zero-order valence-corrected chi connectivity index (χ0v) is 7.69. The summed E-state index contributed by atoms with van der Waals surface area (Å²) in [6.45, 7) is 3.86. The van der Waals surface area contributed by atoms with Crippen molar-refractivity contribution in [3.8, 4) is 0 Å². The van der Waals surface area contributed by atoms with E-state index in [4.69, 9.17) is 14.6 Å². The van der Waals surface area contributed by atoms with Gasteiger partial charge in [0.05, 0.1) is 0 Å². The minimum Gasteiger partial charge on any atom is -0.384 e. The molecule has 0 spiro atoms. The molecule has 2 N–H and O–H groups in total. The summed E-state index contributed by atoms with van der Waals surface area (Å²) in [5, 5.41) is 18.4. The van der Waals surface area contributed by atoms with Gasteiger partial charge in [-0.15, -0.1) is 0 Å². The van der Waals surface area contributed by atoms with Gasteiger partial charge in [0.2, 0.25) is 5.78 Å². The number of aliphatic hydroxyl groups is 2. The van der Waals surface area contributed by atoms with Crippen LogP contribution >= 0.6 is 0 Å². The van der Waals surface area contributed by atoms with Crippen molar-refractivity contribution in [1.29, 1.82) is 0 Å². The molecule has 2 unspecified atom stereocenters. The molecule has 1 saturated carbocycles. The standard InChI is InChI=1S/C8H14O5/c1-3-12-8(13-4-2)6(10)5(9)7(8)11/h5-6,9-10H,3-4H2,1-2H3. The van der Waals surface area contributed by atoms with E-state index in [1.54, 1.807) is 13.8 Å². The Morgan fingerprint density at radius 1 is 1.31 bits per heavy atom. The second kappa shape index (κ2) is 3.71. The van der Waals surface area contributed by atoms with Crippen LogP contribution < -0.4 is 0 Å². The summed E-state index contributed by atoms with van der Waals surface area (Å²) in [6.07, 6.45) is -2.65. The lowest BCUT2D eigenvalue weighted by atomic mass is 9.82.